The molecule has 9 nitrogen and oxygen atoms in total. The monoisotopic (exact) mass is 416 g/mol. The summed E-state index contributed by atoms with van der Waals surface area (Å²) >= 11 is 0. The molecular weight excluding hydrogens is 392 g/mol. The summed E-state index contributed by atoms with van der Waals surface area (Å²) in [5.41, 5.74) is 1.97. The molecule has 0 unspecified atom stereocenters. The van der Waals surface area contributed by atoms with Gasteiger partial charge in [0, 0.05) is 11.8 Å². The van der Waals surface area contributed by atoms with Gasteiger partial charge in [0.05, 0.1) is 51.8 Å². The van der Waals surface area contributed by atoms with Gasteiger partial charge in [0.15, 0.2) is 11.5 Å². The number of hydrogen-bond donors (Lipinski definition) is 2. The topological polar surface area (TPSA) is 112 Å². The Kier molecular flexibility index (Phi) is 7.62. The highest BCUT2D eigenvalue weighted by atomic mass is 16.5. The van der Waals surface area contributed by atoms with E-state index in [2.05, 4.69) is 15.4 Å². The maximum absolute atomic E-state index is 12.5. The Morgan fingerprint density at radius 1 is 0.833 bits per heavy atom. The molecule has 30 heavy (non-hydrogen) atoms. The minimum absolute atomic E-state index is 0.0978. The number of aryl methyl sites for hydroxylation is 1. The second-order valence-electron chi connectivity index (χ2n) is 6.17. The van der Waals surface area contributed by atoms with Crippen molar-refractivity contribution in [3.8, 4) is 11.5 Å². The van der Waals surface area contributed by atoms with Crippen molar-refractivity contribution < 1.29 is 33.3 Å². The van der Waals surface area contributed by atoms with E-state index in [4.69, 9.17) is 14.2 Å². The van der Waals surface area contributed by atoms with Gasteiger partial charge in [0.2, 0.25) is 5.91 Å². The number of nitrogens with one attached hydrogen (secondary N) is 2. The van der Waals surface area contributed by atoms with Crippen LogP contribution in [0.1, 0.15) is 26.3 Å². The summed E-state index contributed by atoms with van der Waals surface area (Å²) < 4.78 is 19.9. The highest BCUT2D eigenvalue weighted by Gasteiger charge is 2.17. The van der Waals surface area contributed by atoms with Gasteiger partial charge in [-0.3, -0.25) is 4.79 Å². The smallest absolute Gasteiger partial charge is 0.339 e. The van der Waals surface area contributed by atoms with E-state index in [1.165, 1.54) is 39.5 Å². The van der Waals surface area contributed by atoms with E-state index in [1.807, 2.05) is 6.92 Å². The van der Waals surface area contributed by atoms with Gasteiger partial charge in [-0.1, -0.05) is 0 Å². The fourth-order valence-corrected chi connectivity index (χ4v) is 2.72. The summed E-state index contributed by atoms with van der Waals surface area (Å²) in [7, 11) is 5.53. The van der Waals surface area contributed by atoms with Crippen LogP contribution in [0.15, 0.2) is 30.3 Å². The third-order valence-corrected chi connectivity index (χ3v) is 4.29. The quantitative estimate of drug-likeness (QED) is 0.632. The lowest BCUT2D eigenvalue weighted by atomic mass is 10.1. The van der Waals surface area contributed by atoms with Crippen molar-refractivity contribution >= 4 is 29.2 Å². The van der Waals surface area contributed by atoms with E-state index in [0.29, 0.717) is 17.2 Å². The molecular formula is C21H24N2O7. The summed E-state index contributed by atoms with van der Waals surface area (Å²) in [5.74, 6) is -0.583. The van der Waals surface area contributed by atoms with Crippen molar-refractivity contribution in [2.75, 3.05) is 45.6 Å². The molecule has 0 saturated carbocycles. The minimum atomic E-state index is -0.648. The molecule has 160 valence electrons. The number of methoxy groups -OCH3 is 4. The number of amides is 1. The van der Waals surface area contributed by atoms with Gasteiger partial charge in [-0.15, -0.1) is 0 Å². The van der Waals surface area contributed by atoms with E-state index in [9.17, 15) is 14.4 Å². The van der Waals surface area contributed by atoms with E-state index in [1.54, 1.807) is 19.2 Å². The largest absolute Gasteiger partial charge is 0.493 e. The van der Waals surface area contributed by atoms with Crippen molar-refractivity contribution in [1.29, 1.82) is 0 Å². The molecule has 0 aliphatic heterocycles. The summed E-state index contributed by atoms with van der Waals surface area (Å²) in [5, 5.41) is 5.63. The van der Waals surface area contributed by atoms with Crippen molar-refractivity contribution in [1.82, 2.24) is 0 Å². The fraction of sp³-hybridized carbons (Fsp3) is 0.286. The zero-order valence-corrected chi connectivity index (χ0v) is 17.5. The third kappa shape index (κ3) is 5.19. The molecule has 0 saturated heterocycles. The number of anilines is 2. The van der Waals surface area contributed by atoms with Gasteiger partial charge in [-0.25, -0.2) is 9.59 Å². The Morgan fingerprint density at radius 2 is 1.47 bits per heavy atom. The van der Waals surface area contributed by atoms with Crippen molar-refractivity contribution in [3.05, 3.63) is 47.0 Å². The molecule has 1 amide bonds. The molecule has 9 heteroatoms. The van der Waals surface area contributed by atoms with Crippen LogP contribution < -0.4 is 20.1 Å². The normalized spacial score (nSPS) is 10.0. The molecule has 2 N–H and O–H groups in total. The van der Waals surface area contributed by atoms with Crippen LogP contribution in [0.4, 0.5) is 11.4 Å². The van der Waals surface area contributed by atoms with Crippen LogP contribution in [-0.2, 0) is 14.3 Å². The van der Waals surface area contributed by atoms with Gasteiger partial charge in [0.25, 0.3) is 0 Å². The molecule has 0 radical (unpaired) electrons. The number of hydrogen-bond acceptors (Lipinski definition) is 8. The van der Waals surface area contributed by atoms with Gasteiger partial charge < -0.3 is 29.6 Å². The van der Waals surface area contributed by atoms with Crippen molar-refractivity contribution in [3.63, 3.8) is 0 Å². The van der Waals surface area contributed by atoms with Crippen LogP contribution in [0.3, 0.4) is 0 Å². The summed E-state index contributed by atoms with van der Waals surface area (Å²) in [6, 6.07) is 7.67. The van der Waals surface area contributed by atoms with Crippen LogP contribution in [0.2, 0.25) is 0 Å². The highest BCUT2D eigenvalue weighted by Crippen LogP contribution is 2.32. The zero-order valence-electron chi connectivity index (χ0n) is 17.5. The molecule has 0 fully saturated rings. The summed E-state index contributed by atoms with van der Waals surface area (Å²) in [6.07, 6.45) is 0. The predicted octanol–water partition coefficient (Wildman–Crippen LogP) is 2.64. The lowest BCUT2D eigenvalue weighted by molar-refractivity contribution is -0.114. The molecule has 0 atom stereocenters. The third-order valence-electron chi connectivity index (χ3n) is 4.29. The lowest BCUT2D eigenvalue weighted by Gasteiger charge is -2.15. The lowest BCUT2D eigenvalue weighted by Crippen LogP contribution is -2.23. The molecule has 0 aliphatic carbocycles. The Balaban J connectivity index is 2.19. The number of carbonyl (C=O) groups excluding carboxylic acids is 3. The zero-order chi connectivity index (χ0) is 22.3. The van der Waals surface area contributed by atoms with Crippen LogP contribution >= 0.6 is 0 Å². The van der Waals surface area contributed by atoms with Crippen LogP contribution in [0.25, 0.3) is 0 Å². The first-order valence-corrected chi connectivity index (χ1v) is 8.91. The molecule has 2 rings (SSSR count). The predicted molar refractivity (Wildman–Crippen MR) is 111 cm³/mol. The van der Waals surface area contributed by atoms with Gasteiger partial charge in [0.1, 0.15) is 0 Å². The van der Waals surface area contributed by atoms with Crippen LogP contribution in [0.5, 0.6) is 11.5 Å². The second-order valence-corrected chi connectivity index (χ2v) is 6.17. The molecule has 0 bridgehead atoms. The average Bonchev–Trinajstić information content (AvgIpc) is 2.76. The standard InChI is InChI=1S/C21H24N2O7/c1-12-8-17(27-2)18(28-3)10-15(12)22-11-19(24)23-16-9-13(20(25)29-4)6-7-14(16)21(26)30-5/h6-10,22H,11H2,1-5H3,(H,23,24). The average molecular weight is 416 g/mol. The number of rotatable bonds is 8. The van der Waals surface area contributed by atoms with Gasteiger partial charge >= 0.3 is 11.9 Å². The molecule has 2 aromatic carbocycles. The number of carbonyl (C=O) groups is 3. The van der Waals surface area contributed by atoms with E-state index in [0.717, 1.165) is 5.56 Å². The van der Waals surface area contributed by atoms with Gasteiger partial charge in [-0.05, 0) is 36.8 Å². The first-order valence-electron chi connectivity index (χ1n) is 8.91. The Bertz CT molecular complexity index is 957. The number of ether oxygens (including phenoxy) is 4. The minimum Gasteiger partial charge on any atom is -0.493 e. The van der Waals surface area contributed by atoms with Gasteiger partial charge in [-0.2, -0.15) is 0 Å². The summed E-state index contributed by atoms with van der Waals surface area (Å²) in [4.78, 5) is 36.3. The maximum atomic E-state index is 12.5. The first-order chi connectivity index (χ1) is 14.3. The number of esters is 2. The van der Waals surface area contributed by atoms with Crippen LogP contribution in [0, 0.1) is 6.92 Å². The molecule has 0 spiro atoms. The first kappa shape index (κ1) is 22.5. The molecule has 0 aliphatic rings. The van der Waals surface area contributed by atoms with Crippen molar-refractivity contribution in [2.24, 2.45) is 0 Å². The van der Waals surface area contributed by atoms with E-state index in [-0.39, 0.29) is 23.4 Å². The van der Waals surface area contributed by atoms with Crippen LogP contribution in [-0.4, -0.2) is 52.8 Å². The Morgan fingerprint density at radius 3 is 2.07 bits per heavy atom. The Hall–Kier alpha value is -3.75. The van der Waals surface area contributed by atoms with Crippen molar-refractivity contribution in [2.45, 2.75) is 6.92 Å². The SMILES string of the molecule is COC(=O)c1ccc(C(=O)OC)c(NC(=O)CNc2cc(OC)c(OC)cc2C)c1. The highest BCUT2D eigenvalue weighted by molar-refractivity contribution is 6.04. The summed E-state index contributed by atoms with van der Waals surface area (Å²) in [6.45, 7) is 1.76. The second kappa shape index (κ2) is 10.1. The number of benzene rings is 2. The van der Waals surface area contributed by atoms with E-state index >= 15 is 0 Å². The molecule has 0 heterocycles. The fourth-order valence-electron chi connectivity index (χ4n) is 2.72. The van der Waals surface area contributed by atoms with E-state index < -0.39 is 17.8 Å². The Labute approximate surface area is 174 Å². The molecule has 2 aromatic rings. The maximum Gasteiger partial charge on any atom is 0.339 e. The molecule has 0 aromatic heterocycles.